The molecule has 0 fully saturated rings. The van der Waals surface area contributed by atoms with Crippen LogP contribution in [0.1, 0.15) is 19.3 Å². The summed E-state index contributed by atoms with van der Waals surface area (Å²) >= 11 is 0. The average Bonchev–Trinajstić information content (AvgIpc) is 1.99. The van der Waals surface area contributed by atoms with Crippen molar-refractivity contribution in [2.45, 2.75) is 36.9 Å². The molecular formula is C7H21N5O2. The molecule has 0 radical (unpaired) electrons. The van der Waals surface area contributed by atoms with Gasteiger partial charge in [0.2, 0.25) is 0 Å². The number of aliphatic hydroxyl groups excluding tert-OH is 1. The second kappa shape index (κ2) is 4.99. The van der Waals surface area contributed by atoms with E-state index in [-0.39, 0.29) is 19.4 Å². The maximum atomic E-state index is 8.70. The van der Waals surface area contributed by atoms with Crippen molar-refractivity contribution in [2.24, 2.45) is 28.7 Å². The van der Waals surface area contributed by atoms with Crippen LogP contribution in [0.2, 0.25) is 0 Å². The normalized spacial score (nSPS) is 17.1. The van der Waals surface area contributed by atoms with Gasteiger partial charge < -0.3 is 21.7 Å². The number of rotatable bonds is 6. The van der Waals surface area contributed by atoms with Crippen LogP contribution in [0.15, 0.2) is 0 Å². The Morgan fingerprint density at radius 1 is 1.00 bits per heavy atom. The van der Waals surface area contributed by atoms with Crippen LogP contribution in [0.3, 0.4) is 0 Å². The standard InChI is InChI=1S/C7H21N5O2/c8-4-3-6(9,7(10,11)12)2-1-5(13)14/h5,13-14H,1-4,8-12H2. The molecular weight excluding hydrogens is 186 g/mol. The molecule has 7 nitrogen and oxygen atoms in total. The van der Waals surface area contributed by atoms with Gasteiger partial charge in [-0.2, -0.15) is 0 Å². The lowest BCUT2D eigenvalue weighted by Gasteiger charge is -2.40. The van der Waals surface area contributed by atoms with Gasteiger partial charge in [-0.25, -0.2) is 0 Å². The fourth-order valence-electron chi connectivity index (χ4n) is 1.20. The predicted molar refractivity (Wildman–Crippen MR) is 53.3 cm³/mol. The van der Waals surface area contributed by atoms with Crippen LogP contribution in [0.5, 0.6) is 0 Å². The van der Waals surface area contributed by atoms with Crippen LogP contribution >= 0.6 is 0 Å². The molecule has 0 aromatic heterocycles. The van der Waals surface area contributed by atoms with E-state index >= 15 is 0 Å². The van der Waals surface area contributed by atoms with Gasteiger partial charge >= 0.3 is 0 Å². The van der Waals surface area contributed by atoms with Crippen LogP contribution in [-0.4, -0.2) is 34.4 Å². The summed E-state index contributed by atoms with van der Waals surface area (Å²) in [6.45, 7) is 0.283. The molecule has 0 rings (SSSR count). The number of aliphatic hydroxyl groups is 2. The zero-order valence-corrected chi connectivity index (χ0v) is 8.19. The highest BCUT2D eigenvalue weighted by Crippen LogP contribution is 2.19. The Labute approximate surface area is 83.2 Å². The Kier molecular flexibility index (Phi) is 4.89. The summed E-state index contributed by atoms with van der Waals surface area (Å²) in [5, 5.41) is 17.4. The Bertz CT molecular complexity index is 170. The summed E-state index contributed by atoms with van der Waals surface area (Å²) in [5.41, 5.74) is 26.6. The van der Waals surface area contributed by atoms with Crippen molar-refractivity contribution in [3.8, 4) is 0 Å². The van der Waals surface area contributed by atoms with Crippen molar-refractivity contribution in [1.29, 1.82) is 0 Å². The SMILES string of the molecule is NCCC(N)(CCC(O)O)C(N)(N)N. The molecule has 12 N–H and O–H groups in total. The van der Waals surface area contributed by atoms with Gasteiger partial charge in [-0.1, -0.05) is 0 Å². The van der Waals surface area contributed by atoms with Crippen molar-refractivity contribution in [3.05, 3.63) is 0 Å². The first kappa shape index (κ1) is 13.7. The lowest BCUT2D eigenvalue weighted by Crippen LogP contribution is -2.77. The third kappa shape index (κ3) is 3.84. The predicted octanol–water partition coefficient (Wildman–Crippen LogP) is -3.35. The zero-order valence-electron chi connectivity index (χ0n) is 8.19. The first-order valence-electron chi connectivity index (χ1n) is 4.44. The first-order chi connectivity index (χ1) is 6.23. The molecule has 0 amide bonds. The Morgan fingerprint density at radius 2 is 1.50 bits per heavy atom. The van der Waals surface area contributed by atoms with Crippen molar-refractivity contribution in [2.75, 3.05) is 6.54 Å². The van der Waals surface area contributed by atoms with Crippen molar-refractivity contribution >= 4 is 0 Å². The van der Waals surface area contributed by atoms with Gasteiger partial charge in [-0.3, -0.25) is 17.2 Å². The van der Waals surface area contributed by atoms with E-state index in [9.17, 15) is 0 Å². The van der Waals surface area contributed by atoms with Crippen LogP contribution < -0.4 is 28.7 Å². The second-order valence-electron chi connectivity index (χ2n) is 3.65. The summed E-state index contributed by atoms with van der Waals surface area (Å²) in [7, 11) is 0. The highest BCUT2D eigenvalue weighted by atomic mass is 16.5. The van der Waals surface area contributed by atoms with Crippen molar-refractivity contribution in [1.82, 2.24) is 0 Å². The van der Waals surface area contributed by atoms with Crippen LogP contribution in [0.4, 0.5) is 0 Å². The van der Waals surface area contributed by atoms with E-state index in [1.165, 1.54) is 0 Å². The van der Waals surface area contributed by atoms with Gasteiger partial charge in [0, 0.05) is 0 Å². The number of hydrogen-bond donors (Lipinski definition) is 7. The molecule has 0 aromatic carbocycles. The Balaban J connectivity index is 4.40. The topological polar surface area (TPSA) is 171 Å². The van der Waals surface area contributed by atoms with Crippen LogP contribution in [0.25, 0.3) is 0 Å². The molecule has 0 aliphatic rings. The van der Waals surface area contributed by atoms with Gasteiger partial charge in [-0.15, -0.1) is 0 Å². The van der Waals surface area contributed by atoms with Crippen molar-refractivity contribution < 1.29 is 10.2 Å². The monoisotopic (exact) mass is 207 g/mol. The van der Waals surface area contributed by atoms with Gasteiger partial charge in [0.1, 0.15) is 5.79 Å². The molecule has 0 aliphatic heterocycles. The fourth-order valence-corrected chi connectivity index (χ4v) is 1.20. The quantitative estimate of drug-likeness (QED) is 0.223. The molecule has 0 spiro atoms. The molecule has 0 saturated heterocycles. The third-order valence-electron chi connectivity index (χ3n) is 2.30. The van der Waals surface area contributed by atoms with E-state index in [4.69, 9.17) is 38.9 Å². The molecule has 1 unspecified atom stereocenters. The summed E-state index contributed by atoms with van der Waals surface area (Å²) in [5.74, 6) is -1.58. The van der Waals surface area contributed by atoms with E-state index in [0.717, 1.165) is 0 Å². The van der Waals surface area contributed by atoms with Gasteiger partial charge in [0.05, 0.1) is 5.54 Å². The fraction of sp³-hybridized carbons (Fsp3) is 1.00. The summed E-state index contributed by atoms with van der Waals surface area (Å²) < 4.78 is 0. The highest BCUT2D eigenvalue weighted by molar-refractivity contribution is 4.99. The largest absolute Gasteiger partial charge is 0.368 e. The van der Waals surface area contributed by atoms with Gasteiger partial charge in [0.25, 0.3) is 0 Å². The first-order valence-corrected chi connectivity index (χ1v) is 4.44. The summed E-state index contributed by atoms with van der Waals surface area (Å²) in [6, 6.07) is 0. The Morgan fingerprint density at radius 3 is 1.79 bits per heavy atom. The van der Waals surface area contributed by atoms with Gasteiger partial charge in [-0.05, 0) is 25.8 Å². The molecule has 0 heterocycles. The maximum Gasteiger partial charge on any atom is 0.151 e. The van der Waals surface area contributed by atoms with Gasteiger partial charge in [0.15, 0.2) is 6.29 Å². The average molecular weight is 207 g/mol. The minimum absolute atomic E-state index is 0.0594. The zero-order chi connectivity index (χ0) is 11.4. The lowest BCUT2D eigenvalue weighted by molar-refractivity contribution is -0.0525. The summed E-state index contributed by atoms with van der Waals surface area (Å²) in [6.07, 6.45) is -0.864. The van der Waals surface area contributed by atoms with E-state index in [1.807, 2.05) is 0 Å². The second-order valence-corrected chi connectivity index (χ2v) is 3.65. The van der Waals surface area contributed by atoms with E-state index in [0.29, 0.717) is 6.42 Å². The highest BCUT2D eigenvalue weighted by Gasteiger charge is 2.39. The molecule has 0 aliphatic carbocycles. The molecule has 0 bridgehead atoms. The number of nitrogens with two attached hydrogens (primary N) is 5. The van der Waals surface area contributed by atoms with Crippen molar-refractivity contribution in [3.63, 3.8) is 0 Å². The van der Waals surface area contributed by atoms with Crippen LogP contribution in [-0.2, 0) is 0 Å². The molecule has 0 aromatic rings. The maximum absolute atomic E-state index is 8.70. The van der Waals surface area contributed by atoms with E-state index in [2.05, 4.69) is 0 Å². The molecule has 0 saturated carbocycles. The Hall–Kier alpha value is -0.280. The van der Waals surface area contributed by atoms with E-state index < -0.39 is 17.6 Å². The number of hydrogen-bond acceptors (Lipinski definition) is 7. The lowest BCUT2D eigenvalue weighted by atomic mass is 9.84. The molecule has 1 atom stereocenters. The smallest absolute Gasteiger partial charge is 0.151 e. The third-order valence-corrected chi connectivity index (χ3v) is 2.30. The summed E-state index contributed by atoms with van der Waals surface area (Å²) in [4.78, 5) is 0. The minimum atomic E-state index is -1.58. The van der Waals surface area contributed by atoms with E-state index in [1.54, 1.807) is 0 Å². The van der Waals surface area contributed by atoms with Crippen LogP contribution in [0, 0.1) is 0 Å². The minimum Gasteiger partial charge on any atom is -0.368 e. The molecule has 86 valence electrons. The molecule has 7 heteroatoms. The molecule has 14 heavy (non-hydrogen) atoms.